The van der Waals surface area contributed by atoms with E-state index in [1.807, 2.05) is 12.1 Å². The first-order valence-electron chi connectivity index (χ1n) is 7.95. The topological polar surface area (TPSA) is 61.4 Å². The van der Waals surface area contributed by atoms with Crippen molar-refractivity contribution in [2.45, 2.75) is 56.7 Å². The Morgan fingerprint density at radius 1 is 1.24 bits per heavy atom. The van der Waals surface area contributed by atoms with Crippen LogP contribution in [0, 0.1) is 0 Å². The Balaban J connectivity index is 1.66. The van der Waals surface area contributed by atoms with Crippen molar-refractivity contribution in [2.75, 3.05) is 6.61 Å². The molecule has 1 aromatic rings. The van der Waals surface area contributed by atoms with E-state index in [0.717, 1.165) is 38.6 Å². The maximum Gasteiger partial charge on any atom is 0.237 e. The monoisotopic (exact) mass is 288 g/mol. The van der Waals surface area contributed by atoms with E-state index in [-0.39, 0.29) is 18.6 Å². The van der Waals surface area contributed by atoms with Gasteiger partial charge in [-0.15, -0.1) is 0 Å². The molecule has 1 aliphatic heterocycles. The standard InChI is InChI=1S/C17H24N2O2/c20-12-17(8-4-1-5-9-17)19-16(21)15-10-13-6-2-3-7-14(13)11-18-15/h2-3,6-7,15,18,20H,1,4-5,8-12H2,(H,19,21)/t15-/m0/s1. The molecule has 1 saturated carbocycles. The van der Waals surface area contributed by atoms with Crippen LogP contribution in [0.5, 0.6) is 0 Å². The molecule has 21 heavy (non-hydrogen) atoms. The maximum atomic E-state index is 12.6. The molecule has 0 aromatic heterocycles. The van der Waals surface area contributed by atoms with Gasteiger partial charge >= 0.3 is 0 Å². The third-order valence-corrected chi connectivity index (χ3v) is 4.90. The highest BCUT2D eigenvalue weighted by molar-refractivity contribution is 5.83. The van der Waals surface area contributed by atoms with Gasteiger partial charge in [0.1, 0.15) is 0 Å². The summed E-state index contributed by atoms with van der Waals surface area (Å²) in [6, 6.07) is 8.07. The first-order chi connectivity index (χ1) is 10.2. The molecular formula is C17H24N2O2. The lowest BCUT2D eigenvalue weighted by molar-refractivity contribution is -0.126. The van der Waals surface area contributed by atoms with Crippen LogP contribution >= 0.6 is 0 Å². The number of aliphatic hydroxyl groups excluding tert-OH is 1. The number of rotatable bonds is 3. The van der Waals surface area contributed by atoms with Crippen LogP contribution in [0.1, 0.15) is 43.2 Å². The third-order valence-electron chi connectivity index (χ3n) is 4.90. The minimum atomic E-state index is -0.395. The summed E-state index contributed by atoms with van der Waals surface area (Å²) < 4.78 is 0. The van der Waals surface area contributed by atoms with E-state index in [1.165, 1.54) is 17.5 Å². The van der Waals surface area contributed by atoms with Gasteiger partial charge in [0, 0.05) is 6.54 Å². The molecule has 0 radical (unpaired) electrons. The number of hydrogen-bond acceptors (Lipinski definition) is 3. The number of hydrogen-bond donors (Lipinski definition) is 3. The van der Waals surface area contributed by atoms with E-state index in [0.29, 0.717) is 0 Å². The predicted molar refractivity (Wildman–Crippen MR) is 81.8 cm³/mol. The van der Waals surface area contributed by atoms with Crippen LogP contribution in [-0.4, -0.2) is 29.2 Å². The quantitative estimate of drug-likeness (QED) is 0.790. The van der Waals surface area contributed by atoms with Gasteiger partial charge in [-0.05, 0) is 30.4 Å². The van der Waals surface area contributed by atoms with Crippen LogP contribution in [0.2, 0.25) is 0 Å². The number of carbonyl (C=O) groups excluding carboxylic acids is 1. The van der Waals surface area contributed by atoms with Gasteiger partial charge in [0.05, 0.1) is 18.2 Å². The number of benzene rings is 1. The molecule has 1 heterocycles. The Hall–Kier alpha value is -1.39. The first-order valence-corrected chi connectivity index (χ1v) is 7.95. The summed E-state index contributed by atoms with van der Waals surface area (Å²) >= 11 is 0. The molecular weight excluding hydrogens is 264 g/mol. The third kappa shape index (κ3) is 3.11. The van der Waals surface area contributed by atoms with Crippen LogP contribution in [0.15, 0.2) is 24.3 Å². The highest BCUT2D eigenvalue weighted by Gasteiger charge is 2.35. The smallest absolute Gasteiger partial charge is 0.237 e. The van der Waals surface area contributed by atoms with Gasteiger partial charge < -0.3 is 15.7 Å². The highest BCUT2D eigenvalue weighted by Crippen LogP contribution is 2.28. The molecule has 1 amide bonds. The lowest BCUT2D eigenvalue weighted by atomic mass is 9.82. The number of fused-ring (bicyclic) bond motifs is 1. The maximum absolute atomic E-state index is 12.6. The van der Waals surface area contributed by atoms with Gasteiger partial charge in [-0.3, -0.25) is 4.79 Å². The van der Waals surface area contributed by atoms with Crippen molar-refractivity contribution in [1.29, 1.82) is 0 Å². The number of carbonyl (C=O) groups is 1. The number of amides is 1. The lowest BCUT2D eigenvalue weighted by Gasteiger charge is -2.38. The van der Waals surface area contributed by atoms with Gasteiger partial charge in [0.25, 0.3) is 0 Å². The van der Waals surface area contributed by atoms with Crippen LogP contribution in [0.4, 0.5) is 0 Å². The fraction of sp³-hybridized carbons (Fsp3) is 0.588. The second-order valence-corrected chi connectivity index (χ2v) is 6.39. The molecule has 2 aliphatic rings. The molecule has 4 nitrogen and oxygen atoms in total. The minimum absolute atomic E-state index is 0.0282. The number of nitrogens with one attached hydrogen (secondary N) is 2. The van der Waals surface area contributed by atoms with E-state index in [1.54, 1.807) is 0 Å². The molecule has 1 atom stereocenters. The summed E-state index contributed by atoms with van der Waals surface area (Å²) in [4.78, 5) is 12.6. The zero-order chi connectivity index (χ0) is 14.7. The van der Waals surface area contributed by atoms with E-state index in [9.17, 15) is 9.90 Å². The molecule has 3 rings (SSSR count). The summed E-state index contributed by atoms with van der Waals surface area (Å²) in [7, 11) is 0. The Morgan fingerprint density at radius 2 is 1.95 bits per heavy atom. The Labute approximate surface area is 125 Å². The highest BCUT2D eigenvalue weighted by atomic mass is 16.3. The van der Waals surface area contributed by atoms with Crippen molar-refractivity contribution in [3.8, 4) is 0 Å². The predicted octanol–water partition coefficient (Wildman–Crippen LogP) is 1.51. The first kappa shape index (κ1) is 14.5. The van der Waals surface area contributed by atoms with Crippen molar-refractivity contribution in [2.24, 2.45) is 0 Å². The summed E-state index contributed by atoms with van der Waals surface area (Å²) in [5.74, 6) is 0.0282. The van der Waals surface area contributed by atoms with Crippen molar-refractivity contribution < 1.29 is 9.90 Å². The number of aliphatic hydroxyl groups is 1. The van der Waals surface area contributed by atoms with Gasteiger partial charge in [0.15, 0.2) is 0 Å². The summed E-state index contributed by atoms with van der Waals surface area (Å²) in [5.41, 5.74) is 2.13. The van der Waals surface area contributed by atoms with Gasteiger partial charge in [0.2, 0.25) is 5.91 Å². The largest absolute Gasteiger partial charge is 0.394 e. The lowest BCUT2D eigenvalue weighted by Crippen LogP contribution is -2.58. The molecule has 1 aliphatic carbocycles. The second-order valence-electron chi connectivity index (χ2n) is 6.39. The van der Waals surface area contributed by atoms with Crippen LogP contribution in [0.25, 0.3) is 0 Å². The van der Waals surface area contributed by atoms with Crippen LogP contribution in [-0.2, 0) is 17.8 Å². The van der Waals surface area contributed by atoms with E-state index in [2.05, 4.69) is 22.8 Å². The average molecular weight is 288 g/mol. The molecule has 0 bridgehead atoms. The molecule has 1 fully saturated rings. The van der Waals surface area contributed by atoms with E-state index >= 15 is 0 Å². The molecule has 114 valence electrons. The molecule has 0 spiro atoms. The van der Waals surface area contributed by atoms with Crippen molar-refractivity contribution in [3.63, 3.8) is 0 Å². The van der Waals surface area contributed by atoms with Crippen molar-refractivity contribution in [1.82, 2.24) is 10.6 Å². The fourth-order valence-corrected chi connectivity index (χ4v) is 3.54. The summed E-state index contributed by atoms with van der Waals surface area (Å²) in [6.45, 7) is 0.780. The van der Waals surface area contributed by atoms with Crippen LogP contribution in [0.3, 0.4) is 0 Å². The summed E-state index contributed by atoms with van der Waals surface area (Å²) in [6.07, 6.45) is 5.87. The Morgan fingerprint density at radius 3 is 2.67 bits per heavy atom. The minimum Gasteiger partial charge on any atom is -0.394 e. The molecule has 4 heteroatoms. The van der Waals surface area contributed by atoms with Gasteiger partial charge in [-0.25, -0.2) is 0 Å². The van der Waals surface area contributed by atoms with Crippen molar-refractivity contribution >= 4 is 5.91 Å². The molecule has 0 saturated heterocycles. The molecule has 3 N–H and O–H groups in total. The SMILES string of the molecule is O=C(NC1(CO)CCCCC1)[C@@H]1Cc2ccccc2CN1. The fourth-order valence-electron chi connectivity index (χ4n) is 3.54. The Kier molecular flexibility index (Phi) is 4.27. The van der Waals surface area contributed by atoms with Gasteiger partial charge in [-0.2, -0.15) is 0 Å². The average Bonchev–Trinajstić information content (AvgIpc) is 2.55. The zero-order valence-electron chi connectivity index (χ0n) is 12.4. The zero-order valence-corrected chi connectivity index (χ0v) is 12.4. The second kappa shape index (κ2) is 6.16. The Bertz CT molecular complexity index is 509. The van der Waals surface area contributed by atoms with Gasteiger partial charge in [-0.1, -0.05) is 43.5 Å². The van der Waals surface area contributed by atoms with Crippen LogP contribution < -0.4 is 10.6 Å². The normalized spacial score (nSPS) is 24.1. The van der Waals surface area contributed by atoms with E-state index < -0.39 is 5.54 Å². The molecule has 1 aromatic carbocycles. The summed E-state index contributed by atoms with van der Waals surface area (Å²) in [5, 5.41) is 16.2. The molecule has 0 unspecified atom stereocenters. The van der Waals surface area contributed by atoms with E-state index in [4.69, 9.17) is 0 Å². The van der Waals surface area contributed by atoms with Crippen molar-refractivity contribution in [3.05, 3.63) is 35.4 Å².